The van der Waals surface area contributed by atoms with Gasteiger partial charge in [0, 0.05) is 45.8 Å². The Hall–Kier alpha value is -2.70. The van der Waals surface area contributed by atoms with Crippen LogP contribution in [0.5, 0.6) is 0 Å². The van der Waals surface area contributed by atoms with E-state index in [1.165, 1.54) is 5.56 Å². The van der Waals surface area contributed by atoms with Gasteiger partial charge in [-0.3, -0.25) is 9.59 Å². The summed E-state index contributed by atoms with van der Waals surface area (Å²) in [4.78, 5) is 33.0. The molecular weight excluding hydrogens is 380 g/mol. The smallest absolute Gasteiger partial charge is 0.226 e. The van der Waals surface area contributed by atoms with E-state index >= 15 is 0 Å². The molecule has 1 unspecified atom stereocenters. The van der Waals surface area contributed by atoms with Gasteiger partial charge in [0.25, 0.3) is 0 Å². The van der Waals surface area contributed by atoms with Crippen molar-refractivity contribution < 1.29 is 14.1 Å². The average Bonchev–Trinajstić information content (AvgIpc) is 3.36. The zero-order valence-corrected chi connectivity index (χ0v) is 18.2. The summed E-state index contributed by atoms with van der Waals surface area (Å²) in [7, 11) is 0. The third-order valence-electron chi connectivity index (χ3n) is 5.50. The molecule has 2 aromatic rings. The Labute approximate surface area is 178 Å². The summed E-state index contributed by atoms with van der Waals surface area (Å²) < 4.78 is 5.29. The third-order valence-corrected chi connectivity index (χ3v) is 5.50. The van der Waals surface area contributed by atoms with Crippen molar-refractivity contribution in [2.45, 2.75) is 58.9 Å². The van der Waals surface area contributed by atoms with Gasteiger partial charge in [0.1, 0.15) is 0 Å². The van der Waals surface area contributed by atoms with Gasteiger partial charge in [-0.05, 0) is 24.3 Å². The van der Waals surface area contributed by atoms with Crippen molar-refractivity contribution in [3.63, 3.8) is 0 Å². The fraction of sp³-hybridized carbons (Fsp3) is 0.565. The van der Waals surface area contributed by atoms with Gasteiger partial charge in [-0.25, -0.2) is 0 Å². The largest absolute Gasteiger partial charge is 0.341 e. The van der Waals surface area contributed by atoms with E-state index in [1.807, 2.05) is 40.1 Å². The van der Waals surface area contributed by atoms with Crippen LogP contribution < -0.4 is 0 Å². The molecule has 1 aliphatic rings. The molecule has 0 spiro atoms. The van der Waals surface area contributed by atoms with Gasteiger partial charge in [-0.1, -0.05) is 49.3 Å². The zero-order valence-electron chi connectivity index (χ0n) is 18.2. The molecule has 1 atom stereocenters. The Bertz CT molecular complexity index is 834. The van der Waals surface area contributed by atoms with E-state index in [9.17, 15) is 9.59 Å². The first-order valence-electron chi connectivity index (χ1n) is 10.8. The molecule has 0 radical (unpaired) electrons. The Morgan fingerprint density at radius 1 is 1.23 bits per heavy atom. The van der Waals surface area contributed by atoms with E-state index in [4.69, 9.17) is 4.52 Å². The number of carbonyl (C=O) groups excluding carboxylic acids is 2. The van der Waals surface area contributed by atoms with Crippen LogP contribution in [0.4, 0.5) is 0 Å². The van der Waals surface area contributed by atoms with Crippen LogP contribution >= 0.6 is 0 Å². The van der Waals surface area contributed by atoms with Crippen LogP contribution in [0.25, 0.3) is 0 Å². The molecule has 7 nitrogen and oxygen atoms in total. The van der Waals surface area contributed by atoms with E-state index in [0.717, 1.165) is 19.3 Å². The maximum atomic E-state index is 12.6. The number of aromatic nitrogens is 2. The predicted molar refractivity (Wildman–Crippen MR) is 114 cm³/mol. The van der Waals surface area contributed by atoms with Gasteiger partial charge in [-0.2, -0.15) is 4.98 Å². The summed E-state index contributed by atoms with van der Waals surface area (Å²) in [6.45, 7) is 7.62. The van der Waals surface area contributed by atoms with Crippen molar-refractivity contribution in [3.8, 4) is 0 Å². The summed E-state index contributed by atoms with van der Waals surface area (Å²) in [5, 5.41) is 4.03. The molecule has 0 aliphatic carbocycles. The normalized spacial score (nSPS) is 16.3. The number of aryl methyl sites for hydroxylation is 1. The van der Waals surface area contributed by atoms with Crippen LogP contribution in [0.3, 0.4) is 0 Å². The number of benzene rings is 1. The summed E-state index contributed by atoms with van der Waals surface area (Å²) >= 11 is 0. The average molecular weight is 413 g/mol. The molecular formula is C23H32N4O3. The number of hydrogen-bond donors (Lipinski definition) is 0. The van der Waals surface area contributed by atoms with Gasteiger partial charge in [0.2, 0.25) is 17.7 Å². The second kappa shape index (κ2) is 10.4. The molecule has 162 valence electrons. The molecule has 30 heavy (non-hydrogen) atoms. The highest BCUT2D eigenvalue weighted by Crippen LogP contribution is 2.18. The molecule has 0 saturated carbocycles. The van der Waals surface area contributed by atoms with Crippen LogP contribution in [0, 0.1) is 5.92 Å². The number of amides is 2. The Morgan fingerprint density at radius 2 is 2.00 bits per heavy atom. The summed E-state index contributed by atoms with van der Waals surface area (Å²) in [6, 6.07) is 10.1. The van der Waals surface area contributed by atoms with Crippen molar-refractivity contribution in [2.75, 3.05) is 19.6 Å². The van der Waals surface area contributed by atoms with Crippen molar-refractivity contribution >= 4 is 11.8 Å². The Kier molecular flexibility index (Phi) is 7.60. The molecule has 2 amide bonds. The highest BCUT2D eigenvalue weighted by atomic mass is 16.5. The summed E-state index contributed by atoms with van der Waals surface area (Å²) in [5.41, 5.74) is 1.17. The molecule has 0 N–H and O–H groups in total. The molecule has 1 aliphatic heterocycles. The molecule has 0 bridgehead atoms. The number of nitrogens with zero attached hydrogens (tertiary/aromatic N) is 4. The lowest BCUT2D eigenvalue weighted by Crippen LogP contribution is -2.42. The lowest BCUT2D eigenvalue weighted by molar-refractivity contribution is -0.133. The number of hydrogen-bond acceptors (Lipinski definition) is 5. The van der Waals surface area contributed by atoms with E-state index in [1.54, 1.807) is 6.92 Å². The van der Waals surface area contributed by atoms with Crippen molar-refractivity contribution in [2.24, 2.45) is 5.92 Å². The molecule has 1 saturated heterocycles. The second-order valence-electron chi connectivity index (χ2n) is 8.43. The van der Waals surface area contributed by atoms with E-state index in [-0.39, 0.29) is 17.9 Å². The van der Waals surface area contributed by atoms with E-state index in [2.05, 4.69) is 24.0 Å². The maximum Gasteiger partial charge on any atom is 0.226 e. The molecule has 1 aromatic heterocycles. The standard InChI is InChI=1S/C23H32N4O3/c1-17(2)15-22-24-21(25-30-22)12-14-27(18(3)28)20-11-13-26(16-20)23(29)10-9-19-7-5-4-6-8-19/h4-8,17,20H,9-16H2,1-3H3. The van der Waals surface area contributed by atoms with E-state index in [0.29, 0.717) is 50.1 Å². The topological polar surface area (TPSA) is 79.5 Å². The summed E-state index contributed by atoms with van der Waals surface area (Å²) in [5.74, 6) is 1.90. The molecule has 1 fully saturated rings. The van der Waals surface area contributed by atoms with Gasteiger partial charge in [0.05, 0.1) is 6.04 Å². The second-order valence-corrected chi connectivity index (χ2v) is 8.43. The van der Waals surface area contributed by atoms with Crippen LogP contribution in [0.15, 0.2) is 34.9 Å². The maximum absolute atomic E-state index is 12.6. The van der Waals surface area contributed by atoms with Gasteiger partial charge >= 0.3 is 0 Å². The quantitative estimate of drug-likeness (QED) is 0.633. The lowest BCUT2D eigenvalue weighted by Gasteiger charge is -2.27. The van der Waals surface area contributed by atoms with Gasteiger partial charge in [-0.15, -0.1) is 0 Å². The van der Waals surface area contributed by atoms with Crippen LogP contribution in [0.1, 0.15) is 50.9 Å². The number of carbonyl (C=O) groups is 2. The van der Waals surface area contributed by atoms with Gasteiger partial charge in [0.15, 0.2) is 5.82 Å². The first-order valence-corrected chi connectivity index (χ1v) is 10.8. The zero-order chi connectivity index (χ0) is 21.5. The SMILES string of the molecule is CC(=O)N(CCc1noc(CC(C)C)n1)C1CCN(C(=O)CCc2ccccc2)C1. The minimum Gasteiger partial charge on any atom is -0.341 e. The van der Waals surface area contributed by atoms with Crippen LogP contribution in [-0.4, -0.2) is 57.4 Å². The Morgan fingerprint density at radius 3 is 2.70 bits per heavy atom. The monoisotopic (exact) mass is 412 g/mol. The highest BCUT2D eigenvalue weighted by Gasteiger charge is 2.31. The fourth-order valence-corrected chi connectivity index (χ4v) is 3.92. The molecule has 2 heterocycles. The molecule has 3 rings (SSSR count). The lowest BCUT2D eigenvalue weighted by atomic mass is 10.1. The van der Waals surface area contributed by atoms with Gasteiger partial charge < -0.3 is 14.3 Å². The van der Waals surface area contributed by atoms with Crippen LogP contribution in [-0.2, 0) is 28.9 Å². The van der Waals surface area contributed by atoms with Crippen molar-refractivity contribution in [1.82, 2.24) is 19.9 Å². The molecule has 7 heteroatoms. The fourth-order valence-electron chi connectivity index (χ4n) is 3.92. The van der Waals surface area contributed by atoms with Crippen molar-refractivity contribution in [1.29, 1.82) is 0 Å². The third kappa shape index (κ3) is 6.15. The predicted octanol–water partition coefficient (Wildman–Crippen LogP) is 2.89. The first kappa shape index (κ1) is 22.0. The Balaban J connectivity index is 1.49. The molecule has 1 aromatic carbocycles. The summed E-state index contributed by atoms with van der Waals surface area (Å²) in [6.07, 6.45) is 3.36. The minimum absolute atomic E-state index is 0.0180. The number of rotatable bonds is 9. The van der Waals surface area contributed by atoms with E-state index < -0.39 is 0 Å². The van der Waals surface area contributed by atoms with Crippen molar-refractivity contribution in [3.05, 3.63) is 47.6 Å². The minimum atomic E-state index is 0.0180. The number of likely N-dealkylation sites (tertiary alicyclic amines) is 1. The highest BCUT2D eigenvalue weighted by molar-refractivity contribution is 5.77. The first-order chi connectivity index (χ1) is 14.4. The van der Waals surface area contributed by atoms with Crippen LogP contribution in [0.2, 0.25) is 0 Å².